The highest BCUT2D eigenvalue weighted by molar-refractivity contribution is 5.95. The molecule has 0 amide bonds. The molecule has 3 aliphatic rings. The van der Waals surface area contributed by atoms with Crippen molar-refractivity contribution in [3.63, 3.8) is 0 Å². The standard InChI is InChI=1S/C23H26.C19H15NO2/c1-15-6-7-16-8-9-19-18-10-11-22(2,3)13-17(18)14-23(4,5)21(19)20(16)12-15;21-18(22)15-6-8-17(20-12-15)19(9-10-19)16-7-5-13-3-1-2-4-14(13)11-16/h6-12H,13-14H2,1-5H3;1-8,11-12H,9-10H2,(H,21,22). The molecular weight excluding hydrogens is 550 g/mol. The van der Waals surface area contributed by atoms with Crippen LogP contribution in [-0.4, -0.2) is 16.1 Å². The molecule has 0 atom stereocenters. The average Bonchev–Trinajstić information content (AvgIpc) is 3.82. The predicted molar refractivity (Wildman–Crippen MR) is 186 cm³/mol. The van der Waals surface area contributed by atoms with Gasteiger partial charge in [-0.3, -0.25) is 4.98 Å². The van der Waals surface area contributed by atoms with Gasteiger partial charge in [0.2, 0.25) is 0 Å². The molecule has 3 nitrogen and oxygen atoms in total. The Morgan fingerprint density at radius 2 is 1.53 bits per heavy atom. The van der Waals surface area contributed by atoms with Gasteiger partial charge in [-0.15, -0.1) is 0 Å². The molecule has 5 aromatic rings. The van der Waals surface area contributed by atoms with Crippen LogP contribution in [0, 0.1) is 12.3 Å². The maximum absolute atomic E-state index is 11.0. The van der Waals surface area contributed by atoms with Crippen molar-refractivity contribution in [1.82, 2.24) is 4.98 Å². The Balaban J connectivity index is 0.000000145. The summed E-state index contributed by atoms with van der Waals surface area (Å²) in [6.07, 6.45) is 10.7. The van der Waals surface area contributed by atoms with Crippen molar-refractivity contribution in [3.8, 4) is 0 Å². The second-order valence-corrected chi connectivity index (χ2v) is 14.7. The van der Waals surface area contributed by atoms with Gasteiger partial charge in [-0.05, 0) is 99.4 Å². The minimum Gasteiger partial charge on any atom is -0.478 e. The molecule has 3 aliphatic carbocycles. The molecular formula is C42H41NO2. The zero-order valence-electron chi connectivity index (χ0n) is 26.9. The summed E-state index contributed by atoms with van der Waals surface area (Å²) < 4.78 is 0. The molecule has 0 unspecified atom stereocenters. The summed E-state index contributed by atoms with van der Waals surface area (Å²) in [6, 6.07) is 29.9. The van der Waals surface area contributed by atoms with Crippen LogP contribution < -0.4 is 0 Å². The van der Waals surface area contributed by atoms with Crippen LogP contribution in [0.15, 0.2) is 109 Å². The molecule has 0 bridgehead atoms. The van der Waals surface area contributed by atoms with Gasteiger partial charge in [0, 0.05) is 11.6 Å². The van der Waals surface area contributed by atoms with E-state index in [-0.39, 0.29) is 16.4 Å². The lowest BCUT2D eigenvalue weighted by Gasteiger charge is -2.40. The van der Waals surface area contributed by atoms with E-state index in [2.05, 4.69) is 112 Å². The molecule has 1 fully saturated rings. The van der Waals surface area contributed by atoms with Crippen molar-refractivity contribution < 1.29 is 9.90 Å². The highest BCUT2D eigenvalue weighted by Crippen LogP contribution is 2.53. The van der Waals surface area contributed by atoms with Crippen LogP contribution in [0.25, 0.3) is 27.1 Å². The van der Waals surface area contributed by atoms with Crippen molar-refractivity contribution in [2.45, 2.75) is 71.1 Å². The molecule has 226 valence electrons. The number of carboxylic acids is 1. The van der Waals surface area contributed by atoms with Gasteiger partial charge in [-0.1, -0.05) is 124 Å². The number of rotatable bonds is 3. The third-order valence-electron chi connectivity index (χ3n) is 10.1. The third kappa shape index (κ3) is 5.29. The van der Waals surface area contributed by atoms with Crippen LogP contribution in [-0.2, 0) is 10.8 Å². The minimum atomic E-state index is -0.936. The summed E-state index contributed by atoms with van der Waals surface area (Å²) in [4.78, 5) is 15.4. The second kappa shape index (κ2) is 10.5. The van der Waals surface area contributed by atoms with Crippen molar-refractivity contribution >= 4 is 33.1 Å². The second-order valence-electron chi connectivity index (χ2n) is 14.7. The Morgan fingerprint density at radius 1 is 0.800 bits per heavy atom. The number of hydrogen-bond donors (Lipinski definition) is 1. The van der Waals surface area contributed by atoms with Crippen LogP contribution in [0.4, 0.5) is 0 Å². The lowest BCUT2D eigenvalue weighted by molar-refractivity contribution is 0.0696. The van der Waals surface area contributed by atoms with E-state index in [1.54, 1.807) is 17.2 Å². The smallest absolute Gasteiger partial charge is 0.337 e. The molecule has 1 heterocycles. The number of carboxylic acid groups (broad SMARTS) is 1. The lowest BCUT2D eigenvalue weighted by atomic mass is 9.64. The number of carbonyl (C=O) groups is 1. The van der Waals surface area contributed by atoms with E-state index < -0.39 is 5.97 Å². The Labute approximate surface area is 266 Å². The van der Waals surface area contributed by atoms with Crippen LogP contribution in [0.2, 0.25) is 0 Å². The van der Waals surface area contributed by atoms with Gasteiger partial charge in [-0.2, -0.15) is 0 Å². The Hall–Kier alpha value is -4.50. The fourth-order valence-corrected chi connectivity index (χ4v) is 7.69. The first-order valence-corrected chi connectivity index (χ1v) is 16.1. The van der Waals surface area contributed by atoms with Crippen LogP contribution in [0.5, 0.6) is 0 Å². The molecule has 0 saturated heterocycles. The summed E-state index contributed by atoms with van der Waals surface area (Å²) in [5.74, 6) is -0.936. The van der Waals surface area contributed by atoms with E-state index in [0.29, 0.717) is 5.41 Å². The van der Waals surface area contributed by atoms with Crippen molar-refractivity contribution in [3.05, 3.63) is 142 Å². The zero-order chi connectivity index (χ0) is 31.6. The van der Waals surface area contributed by atoms with E-state index in [1.807, 2.05) is 18.2 Å². The molecule has 0 radical (unpaired) electrons. The number of hydrogen-bond acceptors (Lipinski definition) is 2. The monoisotopic (exact) mass is 591 g/mol. The number of pyridine rings is 1. The number of aromatic carboxylic acids is 1. The fourth-order valence-electron chi connectivity index (χ4n) is 7.69. The van der Waals surface area contributed by atoms with Crippen molar-refractivity contribution in [2.75, 3.05) is 0 Å². The quantitative estimate of drug-likeness (QED) is 0.227. The lowest BCUT2D eigenvalue weighted by Crippen LogP contribution is -2.27. The van der Waals surface area contributed by atoms with Crippen LogP contribution in [0.3, 0.4) is 0 Å². The Bertz CT molecular complexity index is 2040. The first-order chi connectivity index (χ1) is 21.5. The molecule has 0 aliphatic heterocycles. The van der Waals surface area contributed by atoms with Crippen LogP contribution in [0.1, 0.15) is 91.7 Å². The summed E-state index contributed by atoms with van der Waals surface area (Å²) in [5.41, 5.74) is 10.4. The topological polar surface area (TPSA) is 50.2 Å². The first kappa shape index (κ1) is 29.2. The van der Waals surface area contributed by atoms with Gasteiger partial charge >= 0.3 is 5.97 Å². The summed E-state index contributed by atoms with van der Waals surface area (Å²) in [6.45, 7) is 11.7. The number of aryl methyl sites for hydroxylation is 1. The average molecular weight is 592 g/mol. The van der Waals surface area contributed by atoms with Gasteiger partial charge in [0.15, 0.2) is 0 Å². The maximum Gasteiger partial charge on any atom is 0.337 e. The molecule has 3 heteroatoms. The maximum atomic E-state index is 11.0. The molecule has 1 saturated carbocycles. The predicted octanol–water partition coefficient (Wildman–Crippen LogP) is 10.6. The Morgan fingerprint density at radius 3 is 2.24 bits per heavy atom. The van der Waals surface area contributed by atoms with Gasteiger partial charge in [0.05, 0.1) is 11.3 Å². The summed E-state index contributed by atoms with van der Waals surface area (Å²) in [7, 11) is 0. The van der Waals surface area contributed by atoms with Gasteiger partial charge in [0.1, 0.15) is 0 Å². The molecule has 45 heavy (non-hydrogen) atoms. The van der Waals surface area contributed by atoms with Gasteiger partial charge < -0.3 is 5.11 Å². The molecule has 1 aromatic heterocycles. The number of allylic oxidation sites excluding steroid dienone is 4. The van der Waals surface area contributed by atoms with E-state index in [0.717, 1.165) is 18.5 Å². The Kier molecular flexibility index (Phi) is 6.85. The van der Waals surface area contributed by atoms with Crippen LogP contribution >= 0.6 is 0 Å². The van der Waals surface area contributed by atoms with E-state index >= 15 is 0 Å². The third-order valence-corrected chi connectivity index (χ3v) is 10.1. The molecule has 0 spiro atoms. The zero-order valence-corrected chi connectivity index (χ0v) is 26.9. The van der Waals surface area contributed by atoms with E-state index in [9.17, 15) is 4.79 Å². The SMILES string of the molecule is Cc1ccc2ccc3c(c2c1)C(C)(C)CC1=C3C=CC(C)(C)C1.O=C(O)c1ccc(C2(c3ccc4ccccc4c3)CC2)nc1. The highest BCUT2D eigenvalue weighted by atomic mass is 16.4. The van der Waals surface area contributed by atoms with Crippen molar-refractivity contribution in [1.29, 1.82) is 0 Å². The van der Waals surface area contributed by atoms with E-state index in [1.165, 1.54) is 62.8 Å². The number of fused-ring (bicyclic) bond motifs is 5. The van der Waals surface area contributed by atoms with Gasteiger partial charge in [-0.25, -0.2) is 4.79 Å². The number of benzene rings is 4. The fraction of sp³-hybridized carbons (Fsp3) is 0.286. The van der Waals surface area contributed by atoms with Crippen molar-refractivity contribution in [2.24, 2.45) is 5.41 Å². The minimum absolute atomic E-state index is 0.0406. The number of nitrogens with zero attached hydrogens (tertiary/aromatic N) is 1. The largest absolute Gasteiger partial charge is 0.478 e. The molecule has 1 N–H and O–H groups in total. The first-order valence-electron chi connectivity index (χ1n) is 16.1. The highest BCUT2D eigenvalue weighted by Gasteiger charge is 2.47. The summed E-state index contributed by atoms with van der Waals surface area (Å²) >= 11 is 0. The molecule has 4 aromatic carbocycles. The normalized spacial score (nSPS) is 18.5. The van der Waals surface area contributed by atoms with Gasteiger partial charge in [0.25, 0.3) is 0 Å². The van der Waals surface area contributed by atoms with E-state index in [4.69, 9.17) is 5.11 Å². The summed E-state index contributed by atoms with van der Waals surface area (Å²) in [5, 5.41) is 14.3. The number of aromatic nitrogens is 1. The molecule has 8 rings (SSSR count).